The van der Waals surface area contributed by atoms with Crippen LogP contribution in [0.1, 0.15) is 52.4 Å². The van der Waals surface area contributed by atoms with Crippen molar-refractivity contribution in [3.05, 3.63) is 0 Å². The van der Waals surface area contributed by atoms with Crippen LogP contribution in [0.25, 0.3) is 0 Å². The summed E-state index contributed by atoms with van der Waals surface area (Å²) in [5.41, 5.74) is 0. The van der Waals surface area contributed by atoms with Gasteiger partial charge >= 0.3 is 0 Å². The van der Waals surface area contributed by atoms with E-state index in [2.05, 4.69) is 12.2 Å². The Hall–Kier alpha value is -0.570. The predicted molar refractivity (Wildman–Crippen MR) is 71.9 cm³/mol. The highest BCUT2D eigenvalue weighted by Crippen LogP contribution is 2.27. The van der Waals surface area contributed by atoms with E-state index < -0.39 is 0 Å². The molecule has 0 aromatic carbocycles. The van der Waals surface area contributed by atoms with Gasteiger partial charge in [0.25, 0.3) is 0 Å². The van der Waals surface area contributed by atoms with Gasteiger partial charge in [-0.3, -0.25) is 4.79 Å². The summed E-state index contributed by atoms with van der Waals surface area (Å²) in [5.74, 6) is 0.949. The molecule has 1 fully saturated rings. The maximum absolute atomic E-state index is 11.8. The molecule has 0 aromatic rings. The maximum Gasteiger partial charge on any atom is 0.238 e. The van der Waals surface area contributed by atoms with Gasteiger partial charge in [-0.05, 0) is 32.1 Å². The highest BCUT2D eigenvalue weighted by molar-refractivity contribution is 5.80. The van der Waals surface area contributed by atoms with E-state index in [0.29, 0.717) is 6.04 Å². The van der Waals surface area contributed by atoms with Crippen molar-refractivity contribution in [1.29, 1.82) is 0 Å². The highest BCUT2D eigenvalue weighted by atomic mass is 16.2. The maximum atomic E-state index is 11.8. The standard InChI is InChI=1S/C14H28N2O/c1-5-13(12-9-7-6-8-10-12)15-11(2)14(17)16(3)4/h11-13,15H,5-10H2,1-4H3. The summed E-state index contributed by atoms with van der Waals surface area (Å²) in [6.07, 6.45) is 7.88. The van der Waals surface area contributed by atoms with Gasteiger partial charge in [-0.15, -0.1) is 0 Å². The van der Waals surface area contributed by atoms with Crippen molar-refractivity contribution in [3.8, 4) is 0 Å². The molecule has 17 heavy (non-hydrogen) atoms. The van der Waals surface area contributed by atoms with Crippen LogP contribution in [0, 0.1) is 5.92 Å². The van der Waals surface area contributed by atoms with Crippen LogP contribution in [0.5, 0.6) is 0 Å². The fourth-order valence-corrected chi connectivity index (χ4v) is 2.90. The second kappa shape index (κ2) is 7.00. The van der Waals surface area contributed by atoms with E-state index in [0.717, 1.165) is 12.3 Å². The Morgan fingerprint density at radius 3 is 2.35 bits per heavy atom. The third-order valence-electron chi connectivity index (χ3n) is 3.93. The summed E-state index contributed by atoms with van der Waals surface area (Å²) in [6.45, 7) is 4.20. The molecule has 1 rings (SSSR count). The molecule has 100 valence electrons. The first kappa shape index (κ1) is 14.5. The molecule has 2 atom stereocenters. The van der Waals surface area contributed by atoms with Crippen LogP contribution >= 0.6 is 0 Å². The van der Waals surface area contributed by atoms with E-state index in [1.165, 1.54) is 32.1 Å². The van der Waals surface area contributed by atoms with Crippen LogP contribution < -0.4 is 5.32 Å². The number of likely N-dealkylation sites (N-methyl/N-ethyl adjacent to an activating group) is 1. The molecule has 0 aliphatic heterocycles. The Labute approximate surface area is 106 Å². The van der Waals surface area contributed by atoms with Crippen molar-refractivity contribution in [3.63, 3.8) is 0 Å². The summed E-state index contributed by atoms with van der Waals surface area (Å²) in [6, 6.07) is 0.450. The minimum Gasteiger partial charge on any atom is -0.347 e. The Morgan fingerprint density at radius 1 is 1.29 bits per heavy atom. The second-order valence-corrected chi connectivity index (χ2v) is 5.53. The molecule has 0 aromatic heterocycles. The molecule has 1 saturated carbocycles. The zero-order valence-corrected chi connectivity index (χ0v) is 11.8. The van der Waals surface area contributed by atoms with E-state index >= 15 is 0 Å². The molecule has 1 amide bonds. The van der Waals surface area contributed by atoms with Crippen molar-refractivity contribution >= 4 is 5.91 Å². The minimum atomic E-state index is -0.0584. The van der Waals surface area contributed by atoms with Crippen LogP contribution in [0.2, 0.25) is 0 Å². The largest absolute Gasteiger partial charge is 0.347 e. The highest BCUT2D eigenvalue weighted by Gasteiger charge is 2.25. The SMILES string of the molecule is CCC(NC(C)C(=O)N(C)C)C1CCCCC1. The van der Waals surface area contributed by atoms with Gasteiger partial charge in [0.15, 0.2) is 0 Å². The lowest BCUT2D eigenvalue weighted by Crippen LogP contribution is -2.48. The number of nitrogens with one attached hydrogen (secondary N) is 1. The topological polar surface area (TPSA) is 32.3 Å². The summed E-state index contributed by atoms with van der Waals surface area (Å²) in [4.78, 5) is 13.5. The Kier molecular flexibility index (Phi) is 5.96. The van der Waals surface area contributed by atoms with Gasteiger partial charge in [0.2, 0.25) is 5.91 Å². The van der Waals surface area contributed by atoms with Gasteiger partial charge in [0.05, 0.1) is 6.04 Å². The van der Waals surface area contributed by atoms with Crippen LogP contribution in [0.4, 0.5) is 0 Å². The lowest BCUT2D eigenvalue weighted by atomic mass is 9.82. The molecule has 0 bridgehead atoms. The van der Waals surface area contributed by atoms with Crippen molar-refractivity contribution < 1.29 is 4.79 Å². The first-order valence-electron chi connectivity index (χ1n) is 7.03. The van der Waals surface area contributed by atoms with Crippen molar-refractivity contribution in [2.75, 3.05) is 14.1 Å². The van der Waals surface area contributed by atoms with E-state index in [9.17, 15) is 4.79 Å². The Bertz CT molecular complexity index is 234. The van der Waals surface area contributed by atoms with Crippen LogP contribution in [0.15, 0.2) is 0 Å². The first-order chi connectivity index (χ1) is 8.06. The van der Waals surface area contributed by atoms with Crippen molar-refractivity contribution in [2.45, 2.75) is 64.5 Å². The van der Waals surface area contributed by atoms with E-state index in [-0.39, 0.29) is 11.9 Å². The monoisotopic (exact) mass is 240 g/mol. The molecule has 1 aliphatic rings. The molecular weight excluding hydrogens is 212 g/mol. The quantitative estimate of drug-likeness (QED) is 0.800. The molecule has 3 nitrogen and oxygen atoms in total. The smallest absolute Gasteiger partial charge is 0.238 e. The zero-order chi connectivity index (χ0) is 12.8. The van der Waals surface area contributed by atoms with E-state index in [4.69, 9.17) is 0 Å². The summed E-state index contributed by atoms with van der Waals surface area (Å²) in [5, 5.41) is 3.53. The van der Waals surface area contributed by atoms with E-state index in [1.807, 2.05) is 21.0 Å². The fourth-order valence-electron chi connectivity index (χ4n) is 2.90. The number of carbonyl (C=O) groups excluding carboxylic acids is 1. The molecule has 2 unspecified atom stereocenters. The third-order valence-corrected chi connectivity index (χ3v) is 3.93. The average molecular weight is 240 g/mol. The van der Waals surface area contributed by atoms with Crippen LogP contribution in [-0.2, 0) is 4.79 Å². The van der Waals surface area contributed by atoms with Gasteiger partial charge in [-0.2, -0.15) is 0 Å². The lowest BCUT2D eigenvalue weighted by molar-refractivity contribution is -0.130. The Balaban J connectivity index is 2.47. The van der Waals surface area contributed by atoms with Crippen LogP contribution in [-0.4, -0.2) is 37.0 Å². The zero-order valence-electron chi connectivity index (χ0n) is 11.8. The fraction of sp³-hybridized carbons (Fsp3) is 0.929. The summed E-state index contributed by atoms with van der Waals surface area (Å²) >= 11 is 0. The number of amides is 1. The van der Waals surface area contributed by atoms with Gasteiger partial charge < -0.3 is 10.2 Å². The number of nitrogens with zero attached hydrogens (tertiary/aromatic N) is 1. The second-order valence-electron chi connectivity index (χ2n) is 5.53. The van der Waals surface area contributed by atoms with Gasteiger partial charge in [-0.1, -0.05) is 26.2 Å². The average Bonchev–Trinajstić information content (AvgIpc) is 2.35. The number of carbonyl (C=O) groups is 1. The van der Waals surface area contributed by atoms with Gasteiger partial charge in [0.1, 0.15) is 0 Å². The van der Waals surface area contributed by atoms with Gasteiger partial charge in [-0.25, -0.2) is 0 Å². The number of hydrogen-bond acceptors (Lipinski definition) is 2. The molecule has 0 heterocycles. The lowest BCUT2D eigenvalue weighted by Gasteiger charge is -2.32. The first-order valence-corrected chi connectivity index (χ1v) is 7.03. The molecule has 0 saturated heterocycles. The van der Waals surface area contributed by atoms with E-state index in [1.54, 1.807) is 4.90 Å². The summed E-state index contributed by atoms with van der Waals surface area (Å²) < 4.78 is 0. The van der Waals surface area contributed by atoms with Crippen molar-refractivity contribution in [1.82, 2.24) is 10.2 Å². The third kappa shape index (κ3) is 4.30. The van der Waals surface area contributed by atoms with Crippen LogP contribution in [0.3, 0.4) is 0 Å². The molecule has 3 heteroatoms. The predicted octanol–water partition coefficient (Wildman–Crippen LogP) is 2.41. The Morgan fingerprint density at radius 2 is 1.88 bits per heavy atom. The molecule has 0 radical (unpaired) electrons. The molecule has 1 N–H and O–H groups in total. The normalized spacial score (nSPS) is 20.9. The van der Waals surface area contributed by atoms with Gasteiger partial charge in [0, 0.05) is 20.1 Å². The molecule has 0 spiro atoms. The van der Waals surface area contributed by atoms with Crippen molar-refractivity contribution in [2.24, 2.45) is 5.92 Å². The minimum absolute atomic E-state index is 0.0584. The molecule has 1 aliphatic carbocycles. The summed E-state index contributed by atoms with van der Waals surface area (Å²) in [7, 11) is 3.64. The number of rotatable bonds is 5. The molecular formula is C14H28N2O. The number of hydrogen-bond donors (Lipinski definition) is 1.